The molecule has 8 heteroatoms. The van der Waals surface area contributed by atoms with Crippen molar-refractivity contribution in [1.82, 2.24) is 19.7 Å². The van der Waals surface area contributed by atoms with E-state index in [0.29, 0.717) is 11.8 Å². The van der Waals surface area contributed by atoms with Gasteiger partial charge in [-0.2, -0.15) is 0 Å². The van der Waals surface area contributed by atoms with Gasteiger partial charge in [-0.25, -0.2) is 4.98 Å². The maximum absolute atomic E-state index is 6.39. The highest BCUT2D eigenvalue weighted by atomic mass is 35.5. The van der Waals surface area contributed by atoms with Crippen LogP contribution in [0, 0.1) is 0 Å². The normalized spacial score (nSPS) is 22.5. The first-order valence-electron chi connectivity index (χ1n) is 10.7. The quantitative estimate of drug-likeness (QED) is 0.665. The van der Waals surface area contributed by atoms with E-state index in [9.17, 15) is 0 Å². The molecule has 2 aliphatic rings. The minimum atomic E-state index is 0. The Balaban J connectivity index is 0.00000231. The number of benzene rings is 1. The smallest absolute Gasteiger partial charge is 0.213 e. The number of methoxy groups -OCH3 is 1. The van der Waals surface area contributed by atoms with Gasteiger partial charge in [-0.3, -0.25) is 4.57 Å². The first-order chi connectivity index (χ1) is 14.7. The molecule has 3 aromatic rings. The van der Waals surface area contributed by atoms with E-state index in [1.807, 2.05) is 24.3 Å². The van der Waals surface area contributed by atoms with E-state index in [0.717, 1.165) is 61.6 Å². The number of nitrogens with zero attached hydrogens (tertiary/aromatic N) is 4. The molecule has 164 valence electrons. The number of hydrogen-bond donors (Lipinski definition) is 1. The number of pyridine rings is 1. The highest BCUT2D eigenvalue weighted by Crippen LogP contribution is 2.37. The van der Waals surface area contributed by atoms with Crippen molar-refractivity contribution in [3.05, 3.63) is 59.8 Å². The Morgan fingerprint density at radius 1 is 1.03 bits per heavy atom. The van der Waals surface area contributed by atoms with E-state index < -0.39 is 0 Å². The minimum Gasteiger partial charge on any atom is -0.497 e. The van der Waals surface area contributed by atoms with Gasteiger partial charge in [0.05, 0.1) is 12.8 Å². The zero-order valence-corrected chi connectivity index (χ0v) is 18.4. The van der Waals surface area contributed by atoms with E-state index in [2.05, 4.69) is 31.9 Å². The van der Waals surface area contributed by atoms with Crippen LogP contribution in [0.15, 0.2) is 42.6 Å². The summed E-state index contributed by atoms with van der Waals surface area (Å²) >= 11 is 0. The molecule has 3 heterocycles. The fraction of sp³-hybridized carbons (Fsp3) is 0.435. The third-order valence-electron chi connectivity index (χ3n) is 6.17. The van der Waals surface area contributed by atoms with Gasteiger partial charge in [0, 0.05) is 30.6 Å². The number of aromatic nitrogens is 4. The molecule has 1 saturated carbocycles. The van der Waals surface area contributed by atoms with E-state index in [1.165, 1.54) is 5.56 Å². The highest BCUT2D eigenvalue weighted by Gasteiger charge is 2.31. The first-order valence-corrected chi connectivity index (χ1v) is 10.7. The van der Waals surface area contributed by atoms with Crippen LogP contribution in [-0.4, -0.2) is 39.0 Å². The van der Waals surface area contributed by atoms with Crippen molar-refractivity contribution in [2.75, 3.05) is 7.11 Å². The lowest BCUT2D eigenvalue weighted by Gasteiger charge is -2.28. The highest BCUT2D eigenvalue weighted by molar-refractivity contribution is 5.85. The van der Waals surface area contributed by atoms with Crippen LogP contribution < -0.4 is 15.2 Å². The van der Waals surface area contributed by atoms with Crippen LogP contribution in [0.4, 0.5) is 0 Å². The summed E-state index contributed by atoms with van der Waals surface area (Å²) < 4.78 is 13.7. The Hall–Kier alpha value is -2.64. The molecule has 31 heavy (non-hydrogen) atoms. The van der Waals surface area contributed by atoms with Gasteiger partial charge in [0.15, 0.2) is 0 Å². The van der Waals surface area contributed by atoms with Crippen molar-refractivity contribution in [2.24, 2.45) is 5.73 Å². The van der Waals surface area contributed by atoms with E-state index in [-0.39, 0.29) is 24.6 Å². The first kappa shape index (κ1) is 21.6. The number of halogens is 1. The van der Waals surface area contributed by atoms with E-state index in [1.54, 1.807) is 13.3 Å². The monoisotopic (exact) mass is 441 g/mol. The molecule has 0 spiro atoms. The van der Waals surface area contributed by atoms with Crippen LogP contribution in [-0.2, 0) is 12.8 Å². The van der Waals surface area contributed by atoms with E-state index >= 15 is 0 Å². The SMILES string of the molecule is COc1ccc2c(c1)CC(N)Cc1nnc(C3CCC(Oc4ccccn4)CC3)n1-2.Cl. The number of ether oxygens (including phenoxy) is 2. The molecule has 0 radical (unpaired) electrons. The van der Waals surface area contributed by atoms with Gasteiger partial charge in [0.2, 0.25) is 5.88 Å². The zero-order chi connectivity index (χ0) is 20.5. The molecule has 1 aliphatic carbocycles. The fourth-order valence-corrected chi connectivity index (χ4v) is 4.68. The Labute approximate surface area is 188 Å². The summed E-state index contributed by atoms with van der Waals surface area (Å²) in [6, 6.07) is 12.0. The maximum Gasteiger partial charge on any atom is 0.213 e. The molecule has 0 bridgehead atoms. The second-order valence-corrected chi connectivity index (χ2v) is 8.23. The summed E-state index contributed by atoms with van der Waals surface area (Å²) in [5.41, 5.74) is 8.71. The lowest BCUT2D eigenvalue weighted by atomic mass is 9.86. The van der Waals surface area contributed by atoms with Gasteiger partial charge in [-0.05, 0) is 61.9 Å². The molecule has 0 saturated heterocycles. The predicted molar refractivity (Wildman–Crippen MR) is 120 cm³/mol. The molecule has 7 nitrogen and oxygen atoms in total. The molecule has 1 aliphatic heterocycles. The molecule has 1 unspecified atom stereocenters. The van der Waals surface area contributed by atoms with Crippen molar-refractivity contribution in [2.45, 2.75) is 56.6 Å². The number of hydrogen-bond acceptors (Lipinski definition) is 6. The third kappa shape index (κ3) is 4.38. The van der Waals surface area contributed by atoms with Crippen molar-refractivity contribution >= 4 is 12.4 Å². The van der Waals surface area contributed by atoms with Crippen molar-refractivity contribution < 1.29 is 9.47 Å². The molecule has 1 aromatic carbocycles. The van der Waals surface area contributed by atoms with Gasteiger partial charge < -0.3 is 15.2 Å². The Kier molecular flexibility index (Phi) is 6.43. The Bertz CT molecular complexity index is 1020. The van der Waals surface area contributed by atoms with Crippen LogP contribution in [0.1, 0.15) is 48.8 Å². The molecular weight excluding hydrogens is 414 g/mol. The largest absolute Gasteiger partial charge is 0.497 e. The van der Waals surface area contributed by atoms with Crippen LogP contribution in [0.2, 0.25) is 0 Å². The van der Waals surface area contributed by atoms with Crippen LogP contribution in [0.25, 0.3) is 5.69 Å². The van der Waals surface area contributed by atoms with Crippen molar-refractivity contribution in [1.29, 1.82) is 0 Å². The molecule has 1 atom stereocenters. The summed E-state index contributed by atoms with van der Waals surface area (Å²) in [7, 11) is 1.69. The summed E-state index contributed by atoms with van der Waals surface area (Å²) in [5.74, 6) is 3.91. The summed E-state index contributed by atoms with van der Waals surface area (Å²) in [6.07, 6.45) is 7.51. The lowest BCUT2D eigenvalue weighted by Crippen LogP contribution is -2.25. The van der Waals surface area contributed by atoms with Gasteiger partial charge in [0.25, 0.3) is 0 Å². The van der Waals surface area contributed by atoms with Crippen LogP contribution >= 0.6 is 12.4 Å². The standard InChI is InChI=1S/C23H27N5O2.ClH/c1-29-19-9-10-20-16(13-19)12-17(24)14-21-26-27-23(28(20)21)15-5-7-18(8-6-15)30-22-4-2-3-11-25-22;/h2-4,9-11,13,15,17-18H,5-8,12,14,24H2,1H3;1H. The van der Waals surface area contributed by atoms with Gasteiger partial charge in [-0.1, -0.05) is 6.07 Å². The lowest BCUT2D eigenvalue weighted by molar-refractivity contribution is 0.139. The number of rotatable bonds is 4. The summed E-state index contributed by atoms with van der Waals surface area (Å²) in [6.45, 7) is 0. The molecule has 1 fully saturated rings. The van der Waals surface area contributed by atoms with Crippen molar-refractivity contribution in [3.63, 3.8) is 0 Å². The molecule has 2 N–H and O–H groups in total. The zero-order valence-electron chi connectivity index (χ0n) is 17.6. The topological polar surface area (TPSA) is 88.1 Å². The number of fused-ring (bicyclic) bond motifs is 3. The van der Waals surface area contributed by atoms with Gasteiger partial charge >= 0.3 is 0 Å². The predicted octanol–water partition coefficient (Wildman–Crippen LogP) is 3.62. The molecule has 2 aromatic heterocycles. The van der Waals surface area contributed by atoms with Gasteiger partial charge in [0.1, 0.15) is 23.5 Å². The molecule has 0 amide bonds. The second-order valence-electron chi connectivity index (χ2n) is 8.23. The third-order valence-corrected chi connectivity index (χ3v) is 6.17. The fourth-order valence-electron chi connectivity index (χ4n) is 4.68. The van der Waals surface area contributed by atoms with Crippen LogP contribution in [0.5, 0.6) is 11.6 Å². The summed E-state index contributed by atoms with van der Waals surface area (Å²) in [5, 5.41) is 9.15. The minimum absolute atomic E-state index is 0. The average molecular weight is 442 g/mol. The summed E-state index contributed by atoms with van der Waals surface area (Å²) in [4.78, 5) is 4.29. The van der Waals surface area contributed by atoms with Gasteiger partial charge in [-0.15, -0.1) is 22.6 Å². The van der Waals surface area contributed by atoms with E-state index in [4.69, 9.17) is 15.2 Å². The Morgan fingerprint density at radius 2 is 1.87 bits per heavy atom. The van der Waals surface area contributed by atoms with Crippen molar-refractivity contribution in [3.8, 4) is 17.3 Å². The van der Waals surface area contributed by atoms with Crippen LogP contribution in [0.3, 0.4) is 0 Å². The number of nitrogens with two attached hydrogens (primary N) is 1. The maximum atomic E-state index is 6.39. The second kappa shape index (κ2) is 9.24. The molecule has 5 rings (SSSR count). The average Bonchev–Trinajstić information content (AvgIpc) is 3.11. The Morgan fingerprint density at radius 3 is 2.61 bits per heavy atom. The molecular formula is C23H28ClN5O2.